The van der Waals surface area contributed by atoms with Gasteiger partial charge in [0.1, 0.15) is 6.54 Å². The average Bonchev–Trinajstić information content (AvgIpc) is 2.78. The maximum Gasteiger partial charge on any atom is 0.262 e. The molecule has 1 heterocycles. The van der Waals surface area contributed by atoms with Crippen molar-refractivity contribution in [1.82, 2.24) is 9.80 Å². The molecule has 1 aromatic rings. The van der Waals surface area contributed by atoms with Crippen molar-refractivity contribution in [1.29, 1.82) is 0 Å². The third kappa shape index (κ3) is 2.92. The third-order valence-corrected chi connectivity index (χ3v) is 4.12. The summed E-state index contributed by atoms with van der Waals surface area (Å²) in [6.45, 7) is 4.34. The van der Waals surface area contributed by atoms with Gasteiger partial charge in [0.15, 0.2) is 5.78 Å². The highest BCUT2D eigenvalue weighted by atomic mass is 16.2. The number of carbonyl (C=O) groups is 4. The van der Waals surface area contributed by atoms with Crippen LogP contribution in [0.15, 0.2) is 35.5 Å². The minimum Gasteiger partial charge on any atom is -0.318 e. The molecule has 1 aromatic carbocycles. The van der Waals surface area contributed by atoms with Crippen molar-refractivity contribution in [2.24, 2.45) is 0 Å². The Balaban J connectivity index is 2.19. The Morgan fingerprint density at radius 1 is 1.00 bits per heavy atom. The van der Waals surface area contributed by atoms with Gasteiger partial charge in [0, 0.05) is 18.3 Å². The molecule has 0 unspecified atom stereocenters. The minimum atomic E-state index is -0.475. The first kappa shape index (κ1) is 16.6. The zero-order valence-corrected chi connectivity index (χ0v) is 13.5. The molecule has 6 heteroatoms. The lowest BCUT2D eigenvalue weighted by atomic mass is 10.1. The molecule has 0 radical (unpaired) electrons. The van der Waals surface area contributed by atoms with Crippen molar-refractivity contribution in [3.8, 4) is 0 Å². The van der Waals surface area contributed by atoms with Gasteiger partial charge in [-0.3, -0.25) is 24.1 Å². The third-order valence-electron chi connectivity index (χ3n) is 4.12. The summed E-state index contributed by atoms with van der Waals surface area (Å²) in [6.07, 6.45) is 0. The number of rotatable bonds is 4. The summed E-state index contributed by atoms with van der Waals surface area (Å²) in [5.41, 5.74) is 1.57. The molecule has 0 bridgehead atoms. The van der Waals surface area contributed by atoms with Gasteiger partial charge in [0.05, 0.1) is 11.1 Å². The van der Waals surface area contributed by atoms with E-state index in [9.17, 15) is 19.2 Å². The van der Waals surface area contributed by atoms with E-state index in [1.165, 1.54) is 18.9 Å². The number of ketones is 1. The second kappa shape index (κ2) is 6.16. The van der Waals surface area contributed by atoms with E-state index >= 15 is 0 Å². The predicted octanol–water partition coefficient (Wildman–Crippen LogP) is 1.62. The summed E-state index contributed by atoms with van der Waals surface area (Å²) in [6, 6.07) is 6.47. The summed E-state index contributed by atoms with van der Waals surface area (Å²) in [7, 11) is 1.52. The second-order valence-electron chi connectivity index (χ2n) is 5.46. The lowest BCUT2D eigenvalue weighted by molar-refractivity contribution is -0.128. The smallest absolute Gasteiger partial charge is 0.262 e. The fourth-order valence-electron chi connectivity index (χ4n) is 2.32. The van der Waals surface area contributed by atoms with E-state index in [1.54, 1.807) is 38.1 Å². The summed E-state index contributed by atoms with van der Waals surface area (Å²) in [5, 5.41) is 0. The lowest BCUT2D eigenvalue weighted by Gasteiger charge is -2.22. The van der Waals surface area contributed by atoms with Crippen LogP contribution < -0.4 is 0 Å². The Kier molecular flexibility index (Phi) is 4.45. The van der Waals surface area contributed by atoms with Gasteiger partial charge in [-0.15, -0.1) is 0 Å². The fourth-order valence-corrected chi connectivity index (χ4v) is 2.32. The second-order valence-corrected chi connectivity index (χ2v) is 5.46. The SMILES string of the molecule is CC(=O)/C(C)=C(\C)N(C)C(=O)CN1C(=O)c2ccccc2C1=O. The largest absolute Gasteiger partial charge is 0.318 e. The molecular weight excluding hydrogens is 296 g/mol. The number of hydrogen-bond donors (Lipinski definition) is 0. The first-order chi connectivity index (χ1) is 10.8. The topological polar surface area (TPSA) is 74.8 Å². The Morgan fingerprint density at radius 3 is 1.91 bits per heavy atom. The Bertz CT molecular complexity index is 714. The van der Waals surface area contributed by atoms with Crippen LogP contribution in [0, 0.1) is 0 Å². The van der Waals surface area contributed by atoms with Crippen molar-refractivity contribution in [3.63, 3.8) is 0 Å². The van der Waals surface area contributed by atoms with Crippen LogP contribution in [0.25, 0.3) is 0 Å². The monoisotopic (exact) mass is 314 g/mol. The van der Waals surface area contributed by atoms with Crippen LogP contribution in [-0.2, 0) is 9.59 Å². The van der Waals surface area contributed by atoms with Crippen LogP contribution in [0.2, 0.25) is 0 Å². The van der Waals surface area contributed by atoms with Crippen LogP contribution in [0.1, 0.15) is 41.5 Å². The van der Waals surface area contributed by atoms with Crippen LogP contribution in [0.4, 0.5) is 0 Å². The van der Waals surface area contributed by atoms with Crippen molar-refractivity contribution >= 4 is 23.5 Å². The van der Waals surface area contributed by atoms with Crippen LogP contribution >= 0.6 is 0 Å². The molecule has 2 rings (SSSR count). The maximum absolute atomic E-state index is 12.3. The number of carbonyl (C=O) groups excluding carboxylic acids is 4. The molecule has 0 fully saturated rings. The highest BCUT2D eigenvalue weighted by Crippen LogP contribution is 2.22. The molecule has 0 aliphatic carbocycles. The first-order valence-corrected chi connectivity index (χ1v) is 7.16. The predicted molar refractivity (Wildman–Crippen MR) is 83.6 cm³/mol. The van der Waals surface area contributed by atoms with Crippen molar-refractivity contribution in [3.05, 3.63) is 46.7 Å². The number of nitrogens with zero attached hydrogens (tertiary/aromatic N) is 2. The zero-order chi connectivity index (χ0) is 17.3. The van der Waals surface area contributed by atoms with E-state index in [4.69, 9.17) is 0 Å². The van der Waals surface area contributed by atoms with E-state index in [1.807, 2.05) is 0 Å². The van der Waals surface area contributed by atoms with E-state index < -0.39 is 17.7 Å². The van der Waals surface area contributed by atoms with E-state index in [-0.39, 0.29) is 12.3 Å². The number of benzene rings is 1. The average molecular weight is 314 g/mol. The fraction of sp³-hybridized carbons (Fsp3) is 0.294. The minimum absolute atomic E-state index is 0.136. The molecular formula is C17H18N2O4. The highest BCUT2D eigenvalue weighted by Gasteiger charge is 2.36. The number of allylic oxidation sites excluding steroid dienone is 2. The normalized spacial score (nSPS) is 14.5. The molecule has 0 N–H and O–H groups in total. The van der Waals surface area contributed by atoms with Crippen LogP contribution in [0.5, 0.6) is 0 Å². The summed E-state index contributed by atoms with van der Waals surface area (Å²) >= 11 is 0. The maximum atomic E-state index is 12.3. The van der Waals surface area contributed by atoms with Gasteiger partial charge in [-0.2, -0.15) is 0 Å². The molecule has 120 valence electrons. The van der Waals surface area contributed by atoms with Gasteiger partial charge in [-0.25, -0.2) is 0 Å². The first-order valence-electron chi connectivity index (χ1n) is 7.16. The van der Waals surface area contributed by atoms with Gasteiger partial charge in [0.2, 0.25) is 5.91 Å². The van der Waals surface area contributed by atoms with Crippen LogP contribution in [-0.4, -0.2) is 46.9 Å². The number of Topliss-reactive ketones (excluding diaryl/α,β-unsaturated/α-hetero) is 1. The lowest BCUT2D eigenvalue weighted by Crippen LogP contribution is -2.40. The molecule has 0 saturated heterocycles. The Hall–Kier alpha value is -2.76. The number of hydrogen-bond acceptors (Lipinski definition) is 4. The summed E-state index contributed by atoms with van der Waals surface area (Å²) < 4.78 is 0. The molecule has 6 nitrogen and oxygen atoms in total. The highest BCUT2D eigenvalue weighted by molar-refractivity contribution is 6.22. The zero-order valence-electron chi connectivity index (χ0n) is 13.5. The van der Waals surface area contributed by atoms with E-state index in [0.29, 0.717) is 22.4 Å². The van der Waals surface area contributed by atoms with Gasteiger partial charge in [0.25, 0.3) is 11.8 Å². The van der Waals surface area contributed by atoms with Gasteiger partial charge < -0.3 is 4.90 Å². The standard InChI is InChI=1S/C17H18N2O4/c1-10(12(3)20)11(2)18(4)15(21)9-19-16(22)13-7-5-6-8-14(13)17(19)23/h5-8H,9H2,1-4H3/b11-10+. The molecule has 0 atom stereocenters. The van der Waals surface area contributed by atoms with E-state index in [2.05, 4.69) is 0 Å². The van der Waals surface area contributed by atoms with Crippen LogP contribution in [0.3, 0.4) is 0 Å². The van der Waals surface area contributed by atoms with Crippen molar-refractivity contribution in [2.75, 3.05) is 13.6 Å². The van der Waals surface area contributed by atoms with Gasteiger partial charge in [-0.1, -0.05) is 12.1 Å². The molecule has 1 aliphatic heterocycles. The number of fused-ring (bicyclic) bond motifs is 1. The van der Waals surface area contributed by atoms with E-state index in [0.717, 1.165) is 4.90 Å². The summed E-state index contributed by atoms with van der Waals surface area (Å²) in [4.78, 5) is 50.5. The van der Waals surface area contributed by atoms with Gasteiger partial charge in [-0.05, 0) is 32.9 Å². The molecule has 0 aromatic heterocycles. The number of likely N-dealkylation sites (N-methyl/N-ethyl adjacent to an activating group) is 1. The molecule has 3 amide bonds. The van der Waals surface area contributed by atoms with Crippen molar-refractivity contribution < 1.29 is 19.2 Å². The van der Waals surface area contributed by atoms with Gasteiger partial charge >= 0.3 is 0 Å². The Morgan fingerprint density at radius 2 is 1.48 bits per heavy atom. The number of imide groups is 1. The molecule has 23 heavy (non-hydrogen) atoms. The summed E-state index contributed by atoms with van der Waals surface area (Å²) in [5.74, 6) is -1.52. The Labute approximate surface area is 134 Å². The number of amides is 3. The molecule has 0 spiro atoms. The van der Waals surface area contributed by atoms with Crippen molar-refractivity contribution in [2.45, 2.75) is 20.8 Å². The quantitative estimate of drug-likeness (QED) is 0.625. The molecule has 0 saturated carbocycles. The molecule has 1 aliphatic rings.